The van der Waals surface area contributed by atoms with E-state index in [2.05, 4.69) is 5.32 Å². The van der Waals surface area contributed by atoms with Gasteiger partial charge in [-0.2, -0.15) is 0 Å². The Morgan fingerprint density at radius 1 is 0.970 bits per heavy atom. The molecule has 0 radical (unpaired) electrons. The van der Waals surface area contributed by atoms with E-state index in [1.807, 2.05) is 93.6 Å². The number of aromatic nitrogens is 2. The Labute approximate surface area is 197 Å². The van der Waals surface area contributed by atoms with Crippen LogP contribution in [0.3, 0.4) is 0 Å². The van der Waals surface area contributed by atoms with Crippen molar-refractivity contribution >= 4 is 34.3 Å². The molecule has 0 saturated heterocycles. The molecule has 3 aromatic carbocycles. The number of nitrogens with zero attached hydrogens (tertiary/aromatic N) is 2. The Bertz CT molecular complexity index is 1330. The highest BCUT2D eigenvalue weighted by Crippen LogP contribution is 2.30. The minimum atomic E-state index is -0.447. The average molecular weight is 458 g/mol. The molecule has 0 fully saturated rings. The van der Waals surface area contributed by atoms with E-state index in [9.17, 15) is 9.59 Å². The normalized spacial score (nSPS) is 12.9. The summed E-state index contributed by atoms with van der Waals surface area (Å²) in [6, 6.07) is 25.1. The second-order valence-corrected chi connectivity index (χ2v) is 9.31. The number of amides is 1. The molecule has 1 N–H and O–H groups in total. The molecule has 0 aliphatic carbocycles. The molecule has 1 heterocycles. The fourth-order valence-electron chi connectivity index (χ4n) is 3.69. The number of anilines is 1. The second-order valence-electron chi connectivity index (χ2n) is 8.00. The van der Waals surface area contributed by atoms with Crippen LogP contribution in [0.15, 0.2) is 88.8 Å². The average Bonchev–Trinajstić information content (AvgIpc) is 2.84. The zero-order chi connectivity index (χ0) is 23.4. The Morgan fingerprint density at radius 2 is 1.64 bits per heavy atom. The van der Waals surface area contributed by atoms with Gasteiger partial charge >= 0.3 is 0 Å². The number of rotatable bonds is 7. The molecule has 1 amide bonds. The first kappa shape index (κ1) is 22.8. The lowest BCUT2D eigenvalue weighted by Gasteiger charge is -2.20. The van der Waals surface area contributed by atoms with E-state index in [4.69, 9.17) is 4.98 Å². The fraction of sp³-hybridized carbons (Fsp3) is 0.222. The summed E-state index contributed by atoms with van der Waals surface area (Å²) in [5, 5.41) is 3.78. The Balaban J connectivity index is 1.63. The molecule has 0 bridgehead atoms. The first-order valence-electron chi connectivity index (χ1n) is 11.1. The standard InChI is InChI=1S/C27H27N3O2S/c1-4-18(2)30-26(32)22-15-9-11-17-24(22)29-27(30)33-19(3)25(31)28-23-16-10-8-14-21(23)20-12-6-5-7-13-20/h5-19H,4H2,1-3H3,(H,28,31)/t18-,19+/m1/s1. The third-order valence-corrected chi connectivity index (χ3v) is 6.79. The predicted molar refractivity (Wildman–Crippen MR) is 137 cm³/mol. The van der Waals surface area contributed by atoms with E-state index in [-0.39, 0.29) is 17.5 Å². The molecule has 5 nitrogen and oxygen atoms in total. The highest BCUT2D eigenvalue weighted by Gasteiger charge is 2.22. The SMILES string of the molecule is CC[C@@H](C)n1c(S[C@@H](C)C(=O)Nc2ccccc2-c2ccccc2)nc2ccccc2c1=O. The molecular formula is C27H27N3O2S. The topological polar surface area (TPSA) is 64.0 Å². The highest BCUT2D eigenvalue weighted by molar-refractivity contribution is 8.00. The summed E-state index contributed by atoms with van der Waals surface area (Å²) in [5.74, 6) is -0.138. The van der Waals surface area contributed by atoms with Crippen LogP contribution in [-0.2, 0) is 4.79 Å². The summed E-state index contributed by atoms with van der Waals surface area (Å²) in [4.78, 5) is 31.1. The van der Waals surface area contributed by atoms with Gasteiger partial charge in [0.2, 0.25) is 5.91 Å². The van der Waals surface area contributed by atoms with Gasteiger partial charge in [0.25, 0.3) is 5.56 Å². The van der Waals surface area contributed by atoms with Crippen LogP contribution in [0.5, 0.6) is 0 Å². The molecule has 0 unspecified atom stereocenters. The van der Waals surface area contributed by atoms with Crippen molar-refractivity contribution in [3.8, 4) is 11.1 Å². The Kier molecular flexibility index (Phi) is 6.94. The molecular weight excluding hydrogens is 430 g/mol. The molecule has 0 saturated carbocycles. The molecule has 33 heavy (non-hydrogen) atoms. The quantitative estimate of drug-likeness (QED) is 0.267. The van der Waals surface area contributed by atoms with Crippen molar-refractivity contribution in [3.05, 3.63) is 89.2 Å². The van der Waals surface area contributed by atoms with Crippen LogP contribution < -0.4 is 10.9 Å². The van der Waals surface area contributed by atoms with Gasteiger partial charge in [-0.3, -0.25) is 14.2 Å². The van der Waals surface area contributed by atoms with Gasteiger partial charge in [-0.25, -0.2) is 4.98 Å². The van der Waals surface area contributed by atoms with Crippen LogP contribution in [0.4, 0.5) is 5.69 Å². The van der Waals surface area contributed by atoms with Gasteiger partial charge in [0.05, 0.1) is 16.2 Å². The summed E-state index contributed by atoms with van der Waals surface area (Å²) in [7, 11) is 0. The van der Waals surface area contributed by atoms with Gasteiger partial charge in [-0.15, -0.1) is 0 Å². The van der Waals surface area contributed by atoms with E-state index in [1.54, 1.807) is 10.6 Å². The van der Waals surface area contributed by atoms with Crippen LogP contribution in [-0.4, -0.2) is 20.7 Å². The molecule has 168 valence electrons. The number of carbonyl (C=O) groups excluding carboxylic acids is 1. The number of hydrogen-bond donors (Lipinski definition) is 1. The molecule has 4 rings (SSSR count). The largest absolute Gasteiger partial charge is 0.325 e. The fourth-order valence-corrected chi connectivity index (χ4v) is 4.70. The lowest BCUT2D eigenvalue weighted by atomic mass is 10.0. The maximum atomic E-state index is 13.2. The monoisotopic (exact) mass is 457 g/mol. The number of para-hydroxylation sites is 2. The number of carbonyl (C=O) groups is 1. The lowest BCUT2D eigenvalue weighted by molar-refractivity contribution is -0.115. The summed E-state index contributed by atoms with van der Waals surface area (Å²) < 4.78 is 1.72. The molecule has 0 spiro atoms. The molecule has 1 aromatic heterocycles. The van der Waals surface area contributed by atoms with Crippen LogP contribution in [0.1, 0.15) is 33.2 Å². The Hall–Kier alpha value is -3.38. The zero-order valence-electron chi connectivity index (χ0n) is 19.0. The third-order valence-electron chi connectivity index (χ3n) is 5.73. The molecule has 0 aliphatic rings. The lowest BCUT2D eigenvalue weighted by Crippen LogP contribution is -2.28. The van der Waals surface area contributed by atoms with Gasteiger partial charge < -0.3 is 5.32 Å². The number of benzene rings is 3. The molecule has 6 heteroatoms. The maximum Gasteiger partial charge on any atom is 0.262 e. The summed E-state index contributed by atoms with van der Waals surface area (Å²) >= 11 is 1.31. The van der Waals surface area contributed by atoms with Gasteiger partial charge in [0.1, 0.15) is 0 Å². The van der Waals surface area contributed by atoms with Gasteiger partial charge in [0, 0.05) is 17.3 Å². The molecule has 4 aromatic rings. The van der Waals surface area contributed by atoms with E-state index < -0.39 is 5.25 Å². The van der Waals surface area contributed by atoms with Gasteiger partial charge in [-0.1, -0.05) is 79.3 Å². The van der Waals surface area contributed by atoms with Crippen molar-refractivity contribution in [1.82, 2.24) is 9.55 Å². The predicted octanol–water partition coefficient (Wildman–Crippen LogP) is 6.15. The minimum absolute atomic E-state index is 0.0221. The van der Waals surface area contributed by atoms with Gasteiger partial charge in [0.15, 0.2) is 5.16 Å². The second kappa shape index (κ2) is 10.0. The minimum Gasteiger partial charge on any atom is -0.325 e. The first-order valence-corrected chi connectivity index (χ1v) is 12.0. The summed E-state index contributed by atoms with van der Waals surface area (Å²) in [6.45, 7) is 5.88. The number of hydrogen-bond acceptors (Lipinski definition) is 4. The van der Waals surface area contributed by atoms with Crippen molar-refractivity contribution in [2.24, 2.45) is 0 Å². The first-order chi connectivity index (χ1) is 16.0. The van der Waals surface area contributed by atoms with E-state index in [0.717, 1.165) is 23.2 Å². The van der Waals surface area contributed by atoms with Crippen molar-refractivity contribution in [3.63, 3.8) is 0 Å². The van der Waals surface area contributed by atoms with Crippen LogP contribution in [0.25, 0.3) is 22.0 Å². The van der Waals surface area contributed by atoms with Crippen molar-refractivity contribution in [2.75, 3.05) is 5.32 Å². The highest BCUT2D eigenvalue weighted by atomic mass is 32.2. The summed E-state index contributed by atoms with van der Waals surface area (Å²) in [5.41, 5.74) is 3.33. The van der Waals surface area contributed by atoms with Gasteiger partial charge in [-0.05, 0) is 44.0 Å². The van der Waals surface area contributed by atoms with E-state index >= 15 is 0 Å². The number of nitrogens with one attached hydrogen (secondary N) is 1. The molecule has 2 atom stereocenters. The number of thioether (sulfide) groups is 1. The van der Waals surface area contributed by atoms with Crippen molar-refractivity contribution in [2.45, 2.75) is 43.6 Å². The number of fused-ring (bicyclic) bond motifs is 1. The summed E-state index contributed by atoms with van der Waals surface area (Å²) in [6.07, 6.45) is 0.790. The van der Waals surface area contributed by atoms with Crippen LogP contribution >= 0.6 is 11.8 Å². The van der Waals surface area contributed by atoms with Crippen LogP contribution in [0, 0.1) is 0 Å². The van der Waals surface area contributed by atoms with Crippen molar-refractivity contribution < 1.29 is 4.79 Å². The molecule has 0 aliphatic heterocycles. The zero-order valence-corrected chi connectivity index (χ0v) is 19.8. The Morgan fingerprint density at radius 3 is 2.39 bits per heavy atom. The van der Waals surface area contributed by atoms with E-state index in [1.165, 1.54) is 11.8 Å². The maximum absolute atomic E-state index is 13.2. The smallest absolute Gasteiger partial charge is 0.262 e. The van der Waals surface area contributed by atoms with E-state index in [0.29, 0.717) is 16.1 Å². The van der Waals surface area contributed by atoms with Crippen molar-refractivity contribution in [1.29, 1.82) is 0 Å². The third kappa shape index (κ3) is 4.86. The van der Waals surface area contributed by atoms with Crippen LogP contribution in [0.2, 0.25) is 0 Å².